The third-order valence-electron chi connectivity index (χ3n) is 7.60. The van der Waals surface area contributed by atoms with Crippen molar-refractivity contribution in [2.24, 2.45) is 13.0 Å². The maximum Gasteiger partial charge on any atom is 0.295 e. The minimum atomic E-state index is -0.469. The Bertz CT molecular complexity index is 1790. The lowest BCUT2D eigenvalue weighted by molar-refractivity contribution is -0.117. The van der Waals surface area contributed by atoms with Crippen LogP contribution in [0.3, 0.4) is 0 Å². The Morgan fingerprint density at radius 1 is 1.05 bits per heavy atom. The number of aromatic nitrogens is 4. The van der Waals surface area contributed by atoms with Gasteiger partial charge in [-0.1, -0.05) is 36.4 Å². The topological polar surface area (TPSA) is 83.1 Å². The summed E-state index contributed by atoms with van der Waals surface area (Å²) in [6.45, 7) is 3.97. The number of carbonyl (C=O) groups excluding carboxylic acids is 1. The fourth-order valence-electron chi connectivity index (χ4n) is 5.27. The highest BCUT2D eigenvalue weighted by atomic mass is 19.1. The van der Waals surface area contributed by atoms with E-state index in [0.29, 0.717) is 35.7 Å². The molecule has 2 aromatic heterocycles. The van der Waals surface area contributed by atoms with Gasteiger partial charge in [0.2, 0.25) is 5.91 Å². The van der Waals surface area contributed by atoms with E-state index in [4.69, 9.17) is 9.84 Å². The molecule has 6 rings (SSSR count). The van der Waals surface area contributed by atoms with Crippen molar-refractivity contribution in [3.8, 4) is 28.4 Å². The minimum absolute atomic E-state index is 0.127. The van der Waals surface area contributed by atoms with E-state index in [1.54, 1.807) is 35.5 Å². The summed E-state index contributed by atoms with van der Waals surface area (Å²) in [4.78, 5) is 26.8. The van der Waals surface area contributed by atoms with Gasteiger partial charge in [-0.05, 0) is 62.7 Å². The van der Waals surface area contributed by atoms with Crippen LogP contribution in [-0.2, 0) is 11.8 Å². The molecule has 1 aliphatic carbocycles. The van der Waals surface area contributed by atoms with Gasteiger partial charge < -0.3 is 10.1 Å². The summed E-state index contributed by atoms with van der Waals surface area (Å²) < 4.78 is 25.2. The molecule has 2 unspecified atom stereocenters. The highest BCUT2D eigenvalue weighted by molar-refractivity contribution is 5.96. The molecule has 1 aliphatic rings. The monoisotopic (exact) mass is 551 g/mol. The molecule has 2 atom stereocenters. The molecule has 41 heavy (non-hydrogen) atoms. The van der Waals surface area contributed by atoms with Crippen LogP contribution >= 0.6 is 0 Å². The molecule has 0 bridgehead atoms. The van der Waals surface area contributed by atoms with Crippen molar-refractivity contribution in [1.29, 1.82) is 0 Å². The van der Waals surface area contributed by atoms with Crippen LogP contribution < -0.4 is 15.6 Å². The van der Waals surface area contributed by atoms with Gasteiger partial charge in [-0.25, -0.2) is 13.8 Å². The van der Waals surface area contributed by atoms with Crippen LogP contribution in [0, 0.1) is 18.7 Å². The number of hydrogen-bond donors (Lipinski definition) is 1. The quantitative estimate of drug-likeness (QED) is 0.272. The molecular weight excluding hydrogens is 521 g/mol. The van der Waals surface area contributed by atoms with Gasteiger partial charge in [-0.2, -0.15) is 5.10 Å². The molecule has 1 N–H and O–H groups in total. The van der Waals surface area contributed by atoms with Crippen molar-refractivity contribution in [2.75, 3.05) is 11.9 Å². The zero-order valence-electron chi connectivity index (χ0n) is 23.0. The van der Waals surface area contributed by atoms with Crippen molar-refractivity contribution in [2.45, 2.75) is 26.2 Å². The molecule has 0 saturated heterocycles. The maximum atomic E-state index is 14.8. The maximum absolute atomic E-state index is 14.8. The van der Waals surface area contributed by atoms with Crippen molar-refractivity contribution in [3.63, 3.8) is 0 Å². The van der Waals surface area contributed by atoms with Crippen molar-refractivity contribution in [3.05, 3.63) is 112 Å². The number of para-hydroxylation sites is 2. The van der Waals surface area contributed by atoms with Crippen molar-refractivity contribution < 1.29 is 13.9 Å². The molecule has 1 amide bonds. The zero-order chi connectivity index (χ0) is 28.7. The minimum Gasteiger partial charge on any atom is -0.491 e. The Kier molecular flexibility index (Phi) is 6.78. The van der Waals surface area contributed by atoms with E-state index in [2.05, 4.69) is 5.32 Å². The summed E-state index contributed by atoms with van der Waals surface area (Å²) >= 11 is 0. The lowest BCUT2D eigenvalue weighted by atomic mass is 10.0. The number of amides is 1. The Balaban J connectivity index is 1.31. The molecule has 0 aliphatic heterocycles. The third kappa shape index (κ3) is 4.84. The van der Waals surface area contributed by atoms with E-state index < -0.39 is 5.82 Å². The Hall–Kier alpha value is -4.92. The van der Waals surface area contributed by atoms with Gasteiger partial charge >= 0.3 is 0 Å². The third-order valence-corrected chi connectivity index (χ3v) is 7.60. The molecule has 0 radical (unpaired) electrons. The average Bonchev–Trinajstić information content (AvgIpc) is 3.62. The first-order valence-electron chi connectivity index (χ1n) is 13.6. The fourth-order valence-corrected chi connectivity index (χ4v) is 5.27. The summed E-state index contributed by atoms with van der Waals surface area (Å²) in [6.07, 6.45) is 2.50. The van der Waals surface area contributed by atoms with Crippen LogP contribution in [0.2, 0.25) is 0 Å². The Morgan fingerprint density at radius 3 is 2.39 bits per heavy atom. The normalized spacial score (nSPS) is 16.0. The van der Waals surface area contributed by atoms with Gasteiger partial charge in [-0.15, -0.1) is 0 Å². The summed E-state index contributed by atoms with van der Waals surface area (Å²) in [6, 6.07) is 23.8. The smallest absolute Gasteiger partial charge is 0.295 e. The largest absolute Gasteiger partial charge is 0.491 e. The van der Waals surface area contributed by atoms with Gasteiger partial charge in [0.1, 0.15) is 5.69 Å². The molecule has 1 fully saturated rings. The second kappa shape index (κ2) is 10.6. The van der Waals surface area contributed by atoms with Gasteiger partial charge in [-0.3, -0.25) is 14.3 Å². The molecule has 8 nitrogen and oxygen atoms in total. The number of benzene rings is 3. The fraction of sp³-hybridized carbons (Fsp3) is 0.219. The predicted octanol–water partition coefficient (Wildman–Crippen LogP) is 5.62. The van der Waals surface area contributed by atoms with E-state index in [0.717, 1.165) is 11.3 Å². The molecule has 208 valence electrons. The SMILES string of the molecule is CCOc1ccc(-c2nn(-c3ccccc3)cc2C2CC2C(=O)Nc2c(C)n(C)n(-c3ccccc3)c2=O)cc1F. The van der Waals surface area contributed by atoms with Crippen LogP contribution in [0.4, 0.5) is 10.1 Å². The van der Waals surface area contributed by atoms with E-state index in [1.807, 2.05) is 73.8 Å². The number of ether oxygens (including phenoxy) is 1. The van der Waals surface area contributed by atoms with Crippen LogP contribution in [-0.4, -0.2) is 31.7 Å². The molecular formula is C32H30FN5O3. The van der Waals surface area contributed by atoms with Crippen LogP contribution in [0.5, 0.6) is 5.75 Å². The number of halogens is 1. The first-order chi connectivity index (χ1) is 19.9. The van der Waals surface area contributed by atoms with Gasteiger partial charge in [0.15, 0.2) is 11.6 Å². The van der Waals surface area contributed by atoms with Gasteiger partial charge in [0, 0.05) is 36.2 Å². The van der Waals surface area contributed by atoms with E-state index >= 15 is 0 Å². The number of rotatable bonds is 8. The zero-order valence-corrected chi connectivity index (χ0v) is 23.0. The number of hydrogen-bond acceptors (Lipinski definition) is 4. The lowest BCUT2D eigenvalue weighted by Crippen LogP contribution is -2.23. The lowest BCUT2D eigenvalue weighted by Gasteiger charge is -2.07. The van der Waals surface area contributed by atoms with Crippen LogP contribution in [0.15, 0.2) is 89.9 Å². The highest BCUT2D eigenvalue weighted by Crippen LogP contribution is 2.51. The number of carbonyl (C=O) groups is 1. The molecule has 3 aromatic carbocycles. The first kappa shape index (κ1) is 26.3. The van der Waals surface area contributed by atoms with Crippen LogP contribution in [0.1, 0.15) is 30.5 Å². The van der Waals surface area contributed by atoms with Crippen molar-refractivity contribution >= 4 is 11.6 Å². The second-order valence-corrected chi connectivity index (χ2v) is 10.2. The van der Waals surface area contributed by atoms with Gasteiger partial charge in [0.05, 0.1) is 29.4 Å². The van der Waals surface area contributed by atoms with E-state index in [9.17, 15) is 14.0 Å². The Morgan fingerprint density at radius 2 is 1.73 bits per heavy atom. The van der Waals surface area contributed by atoms with Crippen molar-refractivity contribution in [1.82, 2.24) is 19.1 Å². The Labute approximate surface area is 236 Å². The molecule has 5 aromatic rings. The van der Waals surface area contributed by atoms with Crippen LogP contribution in [0.25, 0.3) is 22.6 Å². The molecule has 0 spiro atoms. The van der Waals surface area contributed by atoms with Gasteiger partial charge in [0.25, 0.3) is 5.56 Å². The summed E-state index contributed by atoms with van der Waals surface area (Å²) in [7, 11) is 1.79. The highest BCUT2D eigenvalue weighted by Gasteiger charge is 2.46. The van der Waals surface area contributed by atoms with E-state index in [1.165, 1.54) is 10.7 Å². The number of nitrogens with one attached hydrogen (secondary N) is 1. The summed E-state index contributed by atoms with van der Waals surface area (Å²) in [5.41, 5.74) is 4.27. The standard InChI is InChI=1S/C32H30FN5O3/c1-4-41-28-16-15-21(17-27(28)33)30-26(19-37(35-30)22-11-7-5-8-12-22)24-18-25(24)31(39)34-29-20(2)36(3)38(32(29)40)23-13-9-6-10-14-23/h5-17,19,24-25H,4,18H2,1-3H3,(H,34,39). The first-order valence-corrected chi connectivity index (χ1v) is 13.6. The number of anilines is 1. The molecule has 1 saturated carbocycles. The van der Waals surface area contributed by atoms with E-state index in [-0.39, 0.29) is 34.7 Å². The molecule has 2 heterocycles. The predicted molar refractivity (Wildman–Crippen MR) is 155 cm³/mol. The second-order valence-electron chi connectivity index (χ2n) is 10.2. The number of nitrogens with zero attached hydrogens (tertiary/aromatic N) is 4. The summed E-state index contributed by atoms with van der Waals surface area (Å²) in [5, 5.41) is 7.71. The average molecular weight is 552 g/mol. The summed E-state index contributed by atoms with van der Waals surface area (Å²) in [5.74, 6) is -0.985. The molecule has 9 heteroatoms.